The number of hydrogen-bond acceptors (Lipinski definition) is 5. The Morgan fingerprint density at radius 1 is 1.36 bits per heavy atom. The summed E-state index contributed by atoms with van der Waals surface area (Å²) in [7, 11) is 0. The van der Waals surface area contributed by atoms with Crippen LogP contribution in [0, 0.1) is 11.8 Å². The number of hydrogen-bond donors (Lipinski definition) is 1. The van der Waals surface area contributed by atoms with Crippen molar-refractivity contribution < 1.29 is 14.1 Å². The molecule has 1 N–H and O–H groups in total. The van der Waals surface area contributed by atoms with Crippen LogP contribution in [0.3, 0.4) is 0 Å². The van der Waals surface area contributed by atoms with Crippen molar-refractivity contribution in [3.8, 4) is 0 Å². The molecular formula is C19H31N3O3. The zero-order chi connectivity index (χ0) is 17.5. The lowest BCUT2D eigenvalue weighted by Gasteiger charge is -2.34. The van der Waals surface area contributed by atoms with E-state index in [9.17, 15) is 4.79 Å². The van der Waals surface area contributed by atoms with Gasteiger partial charge in [-0.3, -0.25) is 4.79 Å². The lowest BCUT2D eigenvalue weighted by Crippen LogP contribution is -2.44. The van der Waals surface area contributed by atoms with Crippen molar-refractivity contribution in [2.24, 2.45) is 11.8 Å². The third-order valence-corrected chi connectivity index (χ3v) is 5.42. The van der Waals surface area contributed by atoms with Crippen LogP contribution in [-0.4, -0.2) is 55.4 Å². The molecule has 6 nitrogen and oxygen atoms in total. The van der Waals surface area contributed by atoms with Gasteiger partial charge in [-0.1, -0.05) is 18.5 Å². The summed E-state index contributed by atoms with van der Waals surface area (Å²) in [5.41, 5.74) is 1.03. The molecule has 0 spiro atoms. The minimum Gasteiger partial charge on any atom is -0.378 e. The standard InChI is InChI=1S/C19H31N3O3/c1-2-3-4-18-13-17(21-25-18)11-16-14-20-6-5-15(16)12-19(23)22-7-9-24-10-8-22/h13,15-16,20H,2-12,14H2,1H3. The average molecular weight is 349 g/mol. The fraction of sp³-hybridized carbons (Fsp3) is 0.789. The van der Waals surface area contributed by atoms with Crippen molar-refractivity contribution in [3.05, 3.63) is 17.5 Å². The summed E-state index contributed by atoms with van der Waals surface area (Å²) < 4.78 is 10.8. The minimum absolute atomic E-state index is 0.281. The molecule has 140 valence electrons. The third-order valence-electron chi connectivity index (χ3n) is 5.42. The molecule has 0 radical (unpaired) electrons. The number of nitrogens with zero attached hydrogens (tertiary/aromatic N) is 2. The van der Waals surface area contributed by atoms with Crippen LogP contribution in [0.5, 0.6) is 0 Å². The molecule has 0 saturated carbocycles. The van der Waals surface area contributed by atoms with E-state index in [0.29, 0.717) is 31.5 Å². The fourth-order valence-electron chi connectivity index (χ4n) is 3.84. The van der Waals surface area contributed by atoms with E-state index in [-0.39, 0.29) is 5.91 Å². The molecule has 3 rings (SSSR count). The predicted molar refractivity (Wildman–Crippen MR) is 95.3 cm³/mol. The SMILES string of the molecule is CCCCc1cc(CC2CNCCC2CC(=O)N2CCOCC2)no1. The number of ether oxygens (including phenoxy) is 1. The largest absolute Gasteiger partial charge is 0.378 e. The molecule has 2 aliphatic heterocycles. The fourth-order valence-corrected chi connectivity index (χ4v) is 3.84. The van der Waals surface area contributed by atoms with E-state index < -0.39 is 0 Å². The summed E-state index contributed by atoms with van der Waals surface area (Å²) >= 11 is 0. The number of unbranched alkanes of at least 4 members (excludes halogenated alkanes) is 1. The highest BCUT2D eigenvalue weighted by Crippen LogP contribution is 2.27. The maximum atomic E-state index is 12.6. The lowest BCUT2D eigenvalue weighted by molar-refractivity contribution is -0.136. The van der Waals surface area contributed by atoms with Crippen molar-refractivity contribution in [1.29, 1.82) is 0 Å². The first-order valence-corrected chi connectivity index (χ1v) is 9.77. The highest BCUT2D eigenvalue weighted by molar-refractivity contribution is 5.76. The highest BCUT2D eigenvalue weighted by atomic mass is 16.5. The highest BCUT2D eigenvalue weighted by Gasteiger charge is 2.30. The zero-order valence-corrected chi connectivity index (χ0v) is 15.3. The van der Waals surface area contributed by atoms with Gasteiger partial charge in [0.2, 0.25) is 5.91 Å². The summed E-state index contributed by atoms with van der Waals surface area (Å²) in [6.07, 6.45) is 5.85. The maximum absolute atomic E-state index is 12.6. The summed E-state index contributed by atoms with van der Waals surface area (Å²) in [6.45, 7) is 6.94. The van der Waals surface area contributed by atoms with Gasteiger partial charge in [0, 0.05) is 32.0 Å². The van der Waals surface area contributed by atoms with Crippen LogP contribution in [0.1, 0.15) is 44.1 Å². The van der Waals surface area contributed by atoms with Crippen molar-refractivity contribution in [2.45, 2.75) is 45.4 Å². The van der Waals surface area contributed by atoms with Gasteiger partial charge in [0.15, 0.2) is 0 Å². The number of aromatic nitrogens is 1. The summed E-state index contributed by atoms with van der Waals surface area (Å²) in [5.74, 6) is 2.14. The Morgan fingerprint density at radius 2 is 2.20 bits per heavy atom. The van der Waals surface area contributed by atoms with E-state index in [1.807, 2.05) is 4.90 Å². The number of piperidine rings is 1. The van der Waals surface area contributed by atoms with E-state index in [1.165, 1.54) is 0 Å². The monoisotopic (exact) mass is 349 g/mol. The normalized spacial score (nSPS) is 24.4. The molecule has 6 heteroatoms. The Kier molecular flexibility index (Phi) is 6.87. The smallest absolute Gasteiger partial charge is 0.223 e. The number of carbonyl (C=O) groups excluding carboxylic acids is 1. The second-order valence-corrected chi connectivity index (χ2v) is 7.30. The Hall–Kier alpha value is -1.40. The number of carbonyl (C=O) groups is 1. The Bertz CT molecular complexity index is 540. The minimum atomic E-state index is 0.281. The van der Waals surface area contributed by atoms with Gasteiger partial charge in [0.05, 0.1) is 18.9 Å². The molecule has 2 saturated heterocycles. The van der Waals surface area contributed by atoms with Crippen LogP contribution in [0.2, 0.25) is 0 Å². The predicted octanol–water partition coefficient (Wildman–Crippen LogP) is 2.03. The molecule has 1 aromatic rings. The van der Waals surface area contributed by atoms with E-state index >= 15 is 0 Å². The van der Waals surface area contributed by atoms with E-state index in [4.69, 9.17) is 9.26 Å². The molecule has 2 unspecified atom stereocenters. The number of amides is 1. The van der Waals surface area contributed by atoms with Crippen LogP contribution in [0.25, 0.3) is 0 Å². The van der Waals surface area contributed by atoms with E-state index in [0.717, 1.165) is 69.7 Å². The summed E-state index contributed by atoms with van der Waals surface area (Å²) in [6, 6.07) is 2.10. The van der Waals surface area contributed by atoms with Gasteiger partial charge < -0.3 is 19.5 Å². The molecular weight excluding hydrogens is 318 g/mol. The second kappa shape index (κ2) is 9.34. The van der Waals surface area contributed by atoms with Crippen molar-refractivity contribution in [1.82, 2.24) is 15.4 Å². The first-order chi connectivity index (χ1) is 12.3. The van der Waals surface area contributed by atoms with Crippen molar-refractivity contribution in [2.75, 3.05) is 39.4 Å². The van der Waals surface area contributed by atoms with Crippen LogP contribution in [-0.2, 0) is 22.4 Å². The quantitative estimate of drug-likeness (QED) is 0.816. The van der Waals surface area contributed by atoms with Crippen molar-refractivity contribution >= 4 is 5.91 Å². The molecule has 25 heavy (non-hydrogen) atoms. The molecule has 2 aliphatic rings. The van der Waals surface area contributed by atoms with Gasteiger partial charge in [0.1, 0.15) is 5.76 Å². The number of nitrogens with one attached hydrogen (secondary N) is 1. The molecule has 1 aromatic heterocycles. The molecule has 3 heterocycles. The van der Waals surface area contributed by atoms with Crippen LogP contribution in [0.4, 0.5) is 0 Å². The van der Waals surface area contributed by atoms with Crippen LogP contribution >= 0.6 is 0 Å². The average Bonchev–Trinajstić information content (AvgIpc) is 3.09. The van der Waals surface area contributed by atoms with Gasteiger partial charge in [0.25, 0.3) is 0 Å². The second-order valence-electron chi connectivity index (χ2n) is 7.30. The Morgan fingerprint density at radius 3 is 3.00 bits per heavy atom. The Labute approximate surface area is 150 Å². The van der Waals surface area contributed by atoms with Gasteiger partial charge in [-0.25, -0.2) is 0 Å². The molecule has 2 atom stereocenters. The van der Waals surface area contributed by atoms with Crippen LogP contribution in [0.15, 0.2) is 10.6 Å². The van der Waals surface area contributed by atoms with Gasteiger partial charge in [-0.2, -0.15) is 0 Å². The molecule has 0 aliphatic carbocycles. The lowest BCUT2D eigenvalue weighted by atomic mass is 9.81. The molecule has 1 amide bonds. The summed E-state index contributed by atoms with van der Waals surface area (Å²) in [4.78, 5) is 14.6. The number of aryl methyl sites for hydroxylation is 1. The van der Waals surface area contributed by atoms with Gasteiger partial charge >= 0.3 is 0 Å². The molecule has 0 aromatic carbocycles. The zero-order valence-electron chi connectivity index (χ0n) is 15.3. The number of morpholine rings is 1. The first kappa shape index (κ1) is 18.4. The Balaban J connectivity index is 1.55. The van der Waals surface area contributed by atoms with Crippen LogP contribution < -0.4 is 5.32 Å². The number of rotatable bonds is 7. The van der Waals surface area contributed by atoms with E-state index in [1.54, 1.807) is 0 Å². The van der Waals surface area contributed by atoms with Gasteiger partial charge in [-0.05, 0) is 44.2 Å². The van der Waals surface area contributed by atoms with Crippen molar-refractivity contribution in [3.63, 3.8) is 0 Å². The van der Waals surface area contributed by atoms with E-state index in [2.05, 4.69) is 23.5 Å². The van der Waals surface area contributed by atoms with Gasteiger partial charge in [-0.15, -0.1) is 0 Å². The first-order valence-electron chi connectivity index (χ1n) is 9.77. The third kappa shape index (κ3) is 5.28. The molecule has 0 bridgehead atoms. The maximum Gasteiger partial charge on any atom is 0.223 e. The summed E-state index contributed by atoms with van der Waals surface area (Å²) in [5, 5.41) is 7.73. The topological polar surface area (TPSA) is 67.6 Å². The molecule has 2 fully saturated rings.